The Bertz CT molecular complexity index is 217. The molecule has 0 aromatic rings. The number of carbonyl (C=O) groups is 4. The van der Waals surface area contributed by atoms with Crippen LogP contribution in [0.1, 0.15) is 26.2 Å². The maximum atomic E-state index is 10.8. The van der Waals surface area contributed by atoms with Crippen molar-refractivity contribution in [2.24, 2.45) is 0 Å². The fraction of sp³-hybridized carbons (Fsp3) is 0.500. The number of rotatable bonds is 6. The predicted molar refractivity (Wildman–Crippen MR) is 40.6 cm³/mol. The SMILES string of the molecule is CC(=O)C(=O)CC(=O)CCC=O. The van der Waals surface area contributed by atoms with E-state index in [0.29, 0.717) is 6.29 Å². The number of Topliss-reactive ketones (excluding diaryl/α,β-unsaturated/α-hetero) is 3. The molecule has 0 rings (SSSR count). The van der Waals surface area contributed by atoms with E-state index >= 15 is 0 Å². The first-order valence-corrected chi connectivity index (χ1v) is 3.57. The van der Waals surface area contributed by atoms with Crippen molar-refractivity contribution in [3.05, 3.63) is 0 Å². The summed E-state index contributed by atoms with van der Waals surface area (Å²) in [4.78, 5) is 41.6. The van der Waals surface area contributed by atoms with Gasteiger partial charge in [-0.25, -0.2) is 0 Å². The molecular weight excluding hydrogens is 160 g/mol. The standard InChI is InChI=1S/C8H10O4/c1-6(10)8(12)5-7(11)3-2-4-9/h4H,2-3,5H2,1H3. The van der Waals surface area contributed by atoms with Crippen LogP contribution in [0.3, 0.4) is 0 Å². The molecule has 0 aromatic heterocycles. The van der Waals surface area contributed by atoms with Crippen molar-refractivity contribution < 1.29 is 19.2 Å². The Labute approximate surface area is 69.9 Å². The third kappa shape index (κ3) is 4.49. The van der Waals surface area contributed by atoms with Crippen LogP contribution in [-0.4, -0.2) is 23.6 Å². The molecular formula is C8H10O4. The monoisotopic (exact) mass is 170 g/mol. The van der Waals surface area contributed by atoms with E-state index in [2.05, 4.69) is 0 Å². The Morgan fingerprint density at radius 1 is 1.25 bits per heavy atom. The molecule has 0 saturated carbocycles. The van der Waals surface area contributed by atoms with Gasteiger partial charge in [0.25, 0.3) is 0 Å². The molecule has 0 amide bonds. The number of hydrogen-bond donors (Lipinski definition) is 0. The number of hydrogen-bond acceptors (Lipinski definition) is 4. The molecule has 12 heavy (non-hydrogen) atoms. The molecule has 0 radical (unpaired) electrons. The lowest BCUT2D eigenvalue weighted by Crippen LogP contribution is -2.14. The second kappa shape index (κ2) is 5.35. The van der Waals surface area contributed by atoms with Crippen LogP contribution < -0.4 is 0 Å². The van der Waals surface area contributed by atoms with E-state index in [0.717, 1.165) is 6.92 Å². The molecule has 0 saturated heterocycles. The zero-order chi connectivity index (χ0) is 9.56. The first-order chi connectivity index (χ1) is 5.57. The Balaban J connectivity index is 3.76. The Hall–Kier alpha value is -1.32. The predicted octanol–water partition coefficient (Wildman–Crippen LogP) is 0.0828. The summed E-state index contributed by atoms with van der Waals surface area (Å²) in [6, 6.07) is 0. The molecule has 0 aliphatic carbocycles. The van der Waals surface area contributed by atoms with Crippen molar-refractivity contribution in [2.75, 3.05) is 0 Å². The fourth-order valence-corrected chi connectivity index (χ4v) is 0.612. The Morgan fingerprint density at radius 3 is 2.25 bits per heavy atom. The average molecular weight is 170 g/mol. The highest BCUT2D eigenvalue weighted by Gasteiger charge is 2.12. The highest BCUT2D eigenvalue weighted by Crippen LogP contribution is 1.94. The van der Waals surface area contributed by atoms with Gasteiger partial charge >= 0.3 is 0 Å². The summed E-state index contributed by atoms with van der Waals surface area (Å²) in [6.07, 6.45) is 0.395. The third-order valence-electron chi connectivity index (χ3n) is 1.29. The van der Waals surface area contributed by atoms with Gasteiger partial charge in [-0.1, -0.05) is 0 Å². The maximum absolute atomic E-state index is 10.8. The topological polar surface area (TPSA) is 68.3 Å². The van der Waals surface area contributed by atoms with Crippen molar-refractivity contribution >= 4 is 23.6 Å². The maximum Gasteiger partial charge on any atom is 0.205 e. The third-order valence-corrected chi connectivity index (χ3v) is 1.29. The van der Waals surface area contributed by atoms with Gasteiger partial charge in [-0.2, -0.15) is 0 Å². The summed E-state index contributed by atoms with van der Waals surface area (Å²) in [5, 5.41) is 0. The van der Waals surface area contributed by atoms with Gasteiger partial charge in [-0.05, 0) is 0 Å². The van der Waals surface area contributed by atoms with Crippen LogP contribution in [0.5, 0.6) is 0 Å². The van der Waals surface area contributed by atoms with Crippen LogP contribution >= 0.6 is 0 Å². The number of ketones is 3. The summed E-state index contributed by atoms with van der Waals surface area (Å²) in [7, 11) is 0. The lowest BCUT2D eigenvalue weighted by molar-refractivity contribution is -0.137. The van der Waals surface area contributed by atoms with Crippen molar-refractivity contribution in [2.45, 2.75) is 26.2 Å². The second-order valence-corrected chi connectivity index (χ2v) is 2.40. The van der Waals surface area contributed by atoms with E-state index in [4.69, 9.17) is 0 Å². The highest BCUT2D eigenvalue weighted by molar-refractivity contribution is 6.39. The fourth-order valence-electron chi connectivity index (χ4n) is 0.612. The first kappa shape index (κ1) is 10.7. The molecule has 0 atom stereocenters. The average Bonchev–Trinajstić information content (AvgIpc) is 2.00. The molecule has 0 fully saturated rings. The van der Waals surface area contributed by atoms with Crippen molar-refractivity contribution in [3.63, 3.8) is 0 Å². The lowest BCUT2D eigenvalue weighted by atomic mass is 10.1. The van der Waals surface area contributed by atoms with E-state index in [-0.39, 0.29) is 25.0 Å². The Morgan fingerprint density at radius 2 is 1.83 bits per heavy atom. The minimum atomic E-state index is -0.689. The molecule has 66 valence electrons. The summed E-state index contributed by atoms with van der Waals surface area (Å²) < 4.78 is 0. The highest BCUT2D eigenvalue weighted by atomic mass is 16.2. The van der Waals surface area contributed by atoms with Crippen LogP contribution in [0, 0.1) is 0 Å². The molecule has 0 unspecified atom stereocenters. The zero-order valence-corrected chi connectivity index (χ0v) is 6.83. The van der Waals surface area contributed by atoms with Gasteiger partial charge in [0.2, 0.25) is 5.78 Å². The van der Waals surface area contributed by atoms with Gasteiger partial charge in [-0.3, -0.25) is 14.4 Å². The van der Waals surface area contributed by atoms with Crippen LogP contribution in [0.25, 0.3) is 0 Å². The van der Waals surface area contributed by atoms with Gasteiger partial charge in [0.05, 0.1) is 6.42 Å². The quantitative estimate of drug-likeness (QED) is 0.321. The first-order valence-electron chi connectivity index (χ1n) is 3.57. The molecule has 0 aliphatic rings. The van der Waals surface area contributed by atoms with Crippen LogP contribution in [0.2, 0.25) is 0 Å². The number of aldehydes is 1. The molecule has 4 heteroatoms. The summed E-state index contributed by atoms with van der Waals surface area (Å²) in [6.45, 7) is 1.12. The van der Waals surface area contributed by atoms with Crippen molar-refractivity contribution in [3.8, 4) is 0 Å². The summed E-state index contributed by atoms with van der Waals surface area (Å²) in [5.74, 6) is -1.66. The van der Waals surface area contributed by atoms with Gasteiger partial charge in [-0.15, -0.1) is 0 Å². The molecule has 0 N–H and O–H groups in total. The van der Waals surface area contributed by atoms with E-state index in [1.54, 1.807) is 0 Å². The largest absolute Gasteiger partial charge is 0.303 e. The molecule has 0 aromatic carbocycles. The summed E-state index contributed by atoms with van der Waals surface area (Å²) >= 11 is 0. The van der Waals surface area contributed by atoms with E-state index in [9.17, 15) is 19.2 Å². The number of carbonyl (C=O) groups excluding carboxylic acids is 4. The van der Waals surface area contributed by atoms with Gasteiger partial charge in [0.1, 0.15) is 12.1 Å². The van der Waals surface area contributed by atoms with Crippen LogP contribution in [0.4, 0.5) is 0 Å². The second-order valence-electron chi connectivity index (χ2n) is 2.40. The normalized spacial score (nSPS) is 9.08. The smallest absolute Gasteiger partial charge is 0.205 e. The van der Waals surface area contributed by atoms with Crippen molar-refractivity contribution in [1.82, 2.24) is 0 Å². The Kier molecular flexibility index (Phi) is 4.76. The van der Waals surface area contributed by atoms with Gasteiger partial charge in [0.15, 0.2) is 5.78 Å². The van der Waals surface area contributed by atoms with Gasteiger partial charge < -0.3 is 4.79 Å². The molecule has 0 heterocycles. The van der Waals surface area contributed by atoms with Crippen LogP contribution in [-0.2, 0) is 19.2 Å². The molecule has 0 spiro atoms. The summed E-state index contributed by atoms with van der Waals surface area (Å²) in [5.41, 5.74) is 0. The van der Waals surface area contributed by atoms with Crippen LogP contribution in [0.15, 0.2) is 0 Å². The lowest BCUT2D eigenvalue weighted by Gasteiger charge is -1.93. The molecule has 4 nitrogen and oxygen atoms in total. The zero-order valence-electron chi connectivity index (χ0n) is 6.83. The minimum absolute atomic E-state index is 0.0442. The van der Waals surface area contributed by atoms with Crippen molar-refractivity contribution in [1.29, 1.82) is 0 Å². The van der Waals surface area contributed by atoms with Gasteiger partial charge in [0, 0.05) is 19.8 Å². The molecule has 0 aliphatic heterocycles. The minimum Gasteiger partial charge on any atom is -0.303 e. The van der Waals surface area contributed by atoms with E-state index in [1.807, 2.05) is 0 Å². The molecule has 0 bridgehead atoms. The van der Waals surface area contributed by atoms with E-state index < -0.39 is 11.6 Å². The van der Waals surface area contributed by atoms with E-state index in [1.165, 1.54) is 0 Å².